The zero-order chi connectivity index (χ0) is 15.1. The molecule has 1 aromatic carbocycles. The molecule has 1 fully saturated rings. The minimum atomic E-state index is -0.178. The number of aromatic nitrogens is 2. The minimum Gasteiger partial charge on any atom is -0.395 e. The van der Waals surface area contributed by atoms with E-state index in [4.69, 9.17) is 5.73 Å². The molecular formula is C16H20N4O. The lowest BCUT2D eigenvalue weighted by atomic mass is 10.1. The Morgan fingerprint density at radius 2 is 2.10 bits per heavy atom. The molecule has 5 heteroatoms. The molecule has 0 saturated heterocycles. The van der Waals surface area contributed by atoms with Crippen molar-refractivity contribution >= 4 is 17.3 Å². The van der Waals surface area contributed by atoms with Gasteiger partial charge in [0.1, 0.15) is 0 Å². The van der Waals surface area contributed by atoms with Crippen LogP contribution in [0, 0.1) is 13.8 Å². The molecule has 2 aromatic rings. The van der Waals surface area contributed by atoms with Gasteiger partial charge < -0.3 is 10.6 Å². The summed E-state index contributed by atoms with van der Waals surface area (Å²) in [6.07, 6.45) is 2.24. The Balaban J connectivity index is 1.90. The molecule has 1 saturated carbocycles. The normalized spacial score (nSPS) is 14.2. The van der Waals surface area contributed by atoms with Crippen molar-refractivity contribution in [1.82, 2.24) is 10.2 Å². The van der Waals surface area contributed by atoms with Crippen LogP contribution >= 0.6 is 0 Å². The summed E-state index contributed by atoms with van der Waals surface area (Å²) in [5.41, 5.74) is 10.9. The average Bonchev–Trinajstić information content (AvgIpc) is 3.21. The Morgan fingerprint density at radius 3 is 2.71 bits per heavy atom. The van der Waals surface area contributed by atoms with Crippen molar-refractivity contribution in [2.75, 3.05) is 17.7 Å². The second-order valence-electron chi connectivity index (χ2n) is 5.83. The number of nitrogens with one attached hydrogen (secondary N) is 1. The predicted molar refractivity (Wildman–Crippen MR) is 83.6 cm³/mol. The zero-order valence-electron chi connectivity index (χ0n) is 12.6. The molecule has 1 aliphatic carbocycles. The highest BCUT2D eigenvalue weighted by Gasteiger charge is 2.31. The van der Waals surface area contributed by atoms with Gasteiger partial charge in [-0.15, -0.1) is 0 Å². The number of hydrogen-bond donors (Lipinski definition) is 2. The summed E-state index contributed by atoms with van der Waals surface area (Å²) < 4.78 is 0. The quantitative estimate of drug-likeness (QED) is 0.910. The zero-order valence-corrected chi connectivity index (χ0v) is 12.6. The summed E-state index contributed by atoms with van der Waals surface area (Å²) in [6, 6.07) is 6.01. The summed E-state index contributed by atoms with van der Waals surface area (Å²) in [6.45, 7) is 4.03. The first-order valence-corrected chi connectivity index (χ1v) is 7.18. The van der Waals surface area contributed by atoms with Crippen molar-refractivity contribution in [3.05, 3.63) is 40.7 Å². The van der Waals surface area contributed by atoms with Crippen molar-refractivity contribution < 1.29 is 4.79 Å². The molecule has 1 aliphatic rings. The predicted octanol–water partition coefficient (Wildman–Crippen LogP) is 2.76. The number of rotatable bonds is 3. The molecule has 0 radical (unpaired) electrons. The van der Waals surface area contributed by atoms with Crippen LogP contribution in [0.3, 0.4) is 0 Å². The van der Waals surface area contributed by atoms with Gasteiger partial charge in [0.15, 0.2) is 5.69 Å². The molecule has 21 heavy (non-hydrogen) atoms. The Bertz CT molecular complexity index is 700. The van der Waals surface area contributed by atoms with Crippen molar-refractivity contribution in [2.24, 2.45) is 0 Å². The Labute approximate surface area is 124 Å². The van der Waals surface area contributed by atoms with Gasteiger partial charge in [-0.2, -0.15) is 5.10 Å². The van der Waals surface area contributed by atoms with Crippen LogP contribution in [0.4, 0.5) is 11.4 Å². The maximum Gasteiger partial charge on any atom is 0.280 e. The molecule has 5 nitrogen and oxygen atoms in total. The molecule has 110 valence electrons. The van der Waals surface area contributed by atoms with E-state index in [2.05, 4.69) is 16.3 Å². The Morgan fingerprint density at radius 1 is 1.38 bits per heavy atom. The number of H-pyrrole nitrogens is 1. The topological polar surface area (TPSA) is 75.0 Å². The second kappa shape index (κ2) is 4.91. The molecule has 0 aliphatic heterocycles. The fourth-order valence-electron chi connectivity index (χ4n) is 2.66. The number of amides is 1. The van der Waals surface area contributed by atoms with Crippen LogP contribution in [0.2, 0.25) is 0 Å². The van der Waals surface area contributed by atoms with E-state index in [0.29, 0.717) is 17.3 Å². The first-order chi connectivity index (χ1) is 9.99. The molecule has 1 heterocycles. The number of carbonyl (C=O) groups excluding carboxylic acids is 1. The van der Waals surface area contributed by atoms with Gasteiger partial charge in [0.25, 0.3) is 5.91 Å². The van der Waals surface area contributed by atoms with Crippen LogP contribution in [-0.4, -0.2) is 23.2 Å². The summed E-state index contributed by atoms with van der Waals surface area (Å²) in [5, 5.41) is 7.05. The maximum absolute atomic E-state index is 12.6. The molecule has 0 atom stereocenters. The molecule has 0 spiro atoms. The fraction of sp³-hybridized carbons (Fsp3) is 0.375. The lowest BCUT2D eigenvalue weighted by Crippen LogP contribution is -2.28. The van der Waals surface area contributed by atoms with Gasteiger partial charge in [0, 0.05) is 18.7 Å². The number of nitrogens with two attached hydrogens (primary N) is 1. The summed E-state index contributed by atoms with van der Waals surface area (Å²) in [4.78, 5) is 14.2. The number of nitrogen functional groups attached to an aromatic ring is 1. The largest absolute Gasteiger partial charge is 0.395 e. The number of aromatic amines is 1. The van der Waals surface area contributed by atoms with E-state index in [-0.39, 0.29) is 5.91 Å². The van der Waals surface area contributed by atoms with Gasteiger partial charge in [0.2, 0.25) is 0 Å². The van der Waals surface area contributed by atoms with Crippen LogP contribution in [0.25, 0.3) is 0 Å². The monoisotopic (exact) mass is 284 g/mol. The van der Waals surface area contributed by atoms with E-state index in [1.54, 1.807) is 11.9 Å². The number of aryl methyl sites for hydroxylation is 2. The van der Waals surface area contributed by atoms with Crippen LogP contribution in [0.1, 0.15) is 46.1 Å². The molecular weight excluding hydrogens is 264 g/mol. The fourth-order valence-corrected chi connectivity index (χ4v) is 2.66. The van der Waals surface area contributed by atoms with Gasteiger partial charge in [0.05, 0.1) is 11.4 Å². The van der Waals surface area contributed by atoms with E-state index in [1.807, 2.05) is 26.0 Å². The SMILES string of the molecule is Cc1ccc(N(C)C(=O)c2n[nH]c(C3CC3)c2N)c(C)c1. The second-order valence-corrected chi connectivity index (χ2v) is 5.83. The summed E-state index contributed by atoms with van der Waals surface area (Å²) in [5.74, 6) is 0.271. The summed E-state index contributed by atoms with van der Waals surface area (Å²) in [7, 11) is 1.75. The van der Waals surface area contributed by atoms with E-state index in [9.17, 15) is 4.79 Å². The van der Waals surface area contributed by atoms with Crippen LogP contribution < -0.4 is 10.6 Å². The van der Waals surface area contributed by atoms with Crippen LogP contribution in [-0.2, 0) is 0 Å². The highest BCUT2D eigenvalue weighted by molar-refractivity contribution is 6.08. The first kappa shape index (κ1) is 13.7. The van der Waals surface area contributed by atoms with Crippen molar-refractivity contribution in [2.45, 2.75) is 32.6 Å². The first-order valence-electron chi connectivity index (χ1n) is 7.18. The highest BCUT2D eigenvalue weighted by atomic mass is 16.2. The van der Waals surface area contributed by atoms with Gasteiger partial charge in [-0.25, -0.2) is 0 Å². The molecule has 0 bridgehead atoms. The third-order valence-corrected chi connectivity index (χ3v) is 4.04. The van der Waals surface area contributed by atoms with Crippen molar-refractivity contribution in [1.29, 1.82) is 0 Å². The Hall–Kier alpha value is -2.30. The standard InChI is InChI=1S/C16H20N4O/c1-9-4-7-12(10(2)8-9)20(3)16(21)15-13(17)14(18-19-15)11-5-6-11/h4,7-8,11H,5-6,17H2,1-3H3,(H,18,19). The number of carbonyl (C=O) groups is 1. The molecule has 3 N–H and O–H groups in total. The number of nitrogens with zero attached hydrogens (tertiary/aromatic N) is 2. The van der Waals surface area contributed by atoms with Crippen molar-refractivity contribution in [3.63, 3.8) is 0 Å². The van der Waals surface area contributed by atoms with E-state index < -0.39 is 0 Å². The molecule has 0 unspecified atom stereocenters. The highest BCUT2D eigenvalue weighted by Crippen LogP contribution is 2.42. The van der Waals surface area contributed by atoms with Gasteiger partial charge in [-0.05, 0) is 38.3 Å². The third kappa shape index (κ3) is 2.39. The lowest BCUT2D eigenvalue weighted by molar-refractivity contribution is 0.0989. The van der Waals surface area contributed by atoms with E-state index >= 15 is 0 Å². The van der Waals surface area contributed by atoms with Crippen LogP contribution in [0.15, 0.2) is 18.2 Å². The number of benzene rings is 1. The smallest absolute Gasteiger partial charge is 0.280 e. The van der Waals surface area contributed by atoms with Crippen molar-refractivity contribution in [3.8, 4) is 0 Å². The van der Waals surface area contributed by atoms with E-state index in [1.165, 1.54) is 5.56 Å². The van der Waals surface area contributed by atoms with Gasteiger partial charge in [-0.3, -0.25) is 9.89 Å². The lowest BCUT2D eigenvalue weighted by Gasteiger charge is -2.19. The summed E-state index contributed by atoms with van der Waals surface area (Å²) >= 11 is 0. The number of hydrogen-bond acceptors (Lipinski definition) is 3. The van der Waals surface area contributed by atoms with Crippen LogP contribution in [0.5, 0.6) is 0 Å². The molecule has 3 rings (SSSR count). The minimum absolute atomic E-state index is 0.178. The average molecular weight is 284 g/mol. The van der Waals surface area contributed by atoms with E-state index in [0.717, 1.165) is 29.8 Å². The number of anilines is 2. The van der Waals surface area contributed by atoms with Gasteiger partial charge >= 0.3 is 0 Å². The molecule has 1 aromatic heterocycles. The maximum atomic E-state index is 12.6. The third-order valence-electron chi connectivity index (χ3n) is 4.04. The van der Waals surface area contributed by atoms with Gasteiger partial charge in [-0.1, -0.05) is 17.7 Å². The molecule has 1 amide bonds. The Kier molecular flexibility index (Phi) is 3.20.